The molecule has 0 aliphatic heterocycles. The van der Waals surface area contributed by atoms with E-state index in [0.29, 0.717) is 27.6 Å². The number of hydrogen-bond acceptors (Lipinski definition) is 2. The van der Waals surface area contributed by atoms with Gasteiger partial charge in [-0.3, -0.25) is 0 Å². The molecule has 0 aromatic rings. The van der Waals surface area contributed by atoms with E-state index in [9.17, 15) is 5.11 Å². The van der Waals surface area contributed by atoms with Crippen LogP contribution < -0.4 is 5.32 Å². The Bertz CT molecular complexity index is 816. The summed E-state index contributed by atoms with van der Waals surface area (Å²) in [5.74, 6) is 2.13. The molecule has 0 saturated heterocycles. The van der Waals surface area contributed by atoms with Crippen LogP contribution in [0.2, 0.25) is 0 Å². The van der Waals surface area contributed by atoms with E-state index in [1.165, 1.54) is 57.8 Å². The number of aliphatic hydroxyl groups excluding tert-OH is 1. The minimum absolute atomic E-state index is 0.0440. The topological polar surface area (TPSA) is 32.3 Å². The van der Waals surface area contributed by atoms with Gasteiger partial charge in [-0.1, -0.05) is 53.2 Å². The van der Waals surface area contributed by atoms with Gasteiger partial charge in [0.25, 0.3) is 0 Å². The second-order valence-electron chi connectivity index (χ2n) is 14.9. The van der Waals surface area contributed by atoms with E-state index in [1.807, 2.05) is 5.57 Å². The Kier molecular flexibility index (Phi) is 5.02. The van der Waals surface area contributed by atoms with Gasteiger partial charge < -0.3 is 10.4 Å². The zero-order chi connectivity index (χ0) is 23.4. The van der Waals surface area contributed by atoms with Crippen LogP contribution in [0.4, 0.5) is 0 Å². The Labute approximate surface area is 198 Å². The van der Waals surface area contributed by atoms with Crippen molar-refractivity contribution < 1.29 is 5.11 Å². The largest absolute Gasteiger partial charge is 0.393 e. The lowest BCUT2D eigenvalue weighted by molar-refractivity contribution is -0.202. The predicted octanol–water partition coefficient (Wildman–Crippen LogP) is 7.12. The SMILES string of the molecule is CNC1(C)CCC2(C)CCC3(C)C(=CCC4C5(C)CCC(O)C(C)(C)C5CCC43C)C2C1. The lowest BCUT2D eigenvalue weighted by Crippen LogP contribution is -2.64. The summed E-state index contributed by atoms with van der Waals surface area (Å²) in [5, 5.41) is 14.6. The maximum atomic E-state index is 10.9. The molecule has 182 valence electrons. The Morgan fingerprint density at radius 2 is 1.53 bits per heavy atom. The molecule has 4 fully saturated rings. The highest BCUT2D eigenvalue weighted by molar-refractivity contribution is 5.33. The molecule has 2 nitrogen and oxygen atoms in total. The van der Waals surface area contributed by atoms with Gasteiger partial charge in [-0.25, -0.2) is 0 Å². The first-order chi connectivity index (χ1) is 14.8. The molecule has 0 bridgehead atoms. The zero-order valence-corrected chi connectivity index (χ0v) is 22.4. The summed E-state index contributed by atoms with van der Waals surface area (Å²) in [5.41, 5.74) is 3.74. The number of allylic oxidation sites excluding steroid dienone is 2. The second kappa shape index (κ2) is 6.87. The molecule has 0 spiro atoms. The van der Waals surface area contributed by atoms with Crippen LogP contribution in [0, 0.1) is 44.8 Å². The molecule has 0 heterocycles. The van der Waals surface area contributed by atoms with E-state index in [0.717, 1.165) is 18.3 Å². The van der Waals surface area contributed by atoms with E-state index in [-0.39, 0.29) is 17.1 Å². The molecular weight excluding hydrogens is 390 g/mol. The van der Waals surface area contributed by atoms with Gasteiger partial charge in [0, 0.05) is 5.54 Å². The molecule has 5 aliphatic rings. The minimum Gasteiger partial charge on any atom is -0.393 e. The lowest BCUT2D eigenvalue weighted by atomic mass is 9.34. The van der Waals surface area contributed by atoms with Crippen molar-refractivity contribution in [3.63, 3.8) is 0 Å². The maximum Gasteiger partial charge on any atom is 0.0594 e. The minimum atomic E-state index is -0.132. The van der Waals surface area contributed by atoms with Crippen LogP contribution >= 0.6 is 0 Å². The van der Waals surface area contributed by atoms with E-state index in [1.54, 1.807) is 0 Å². The smallest absolute Gasteiger partial charge is 0.0594 e. The summed E-state index contributed by atoms with van der Waals surface area (Å²) in [6, 6.07) is 0. The average molecular weight is 442 g/mol. The Balaban J connectivity index is 1.56. The van der Waals surface area contributed by atoms with Crippen molar-refractivity contribution >= 4 is 0 Å². The summed E-state index contributed by atoms with van der Waals surface area (Å²) in [6.07, 6.45) is 15.5. The molecule has 32 heavy (non-hydrogen) atoms. The Morgan fingerprint density at radius 3 is 2.22 bits per heavy atom. The summed E-state index contributed by atoms with van der Waals surface area (Å²) in [6.45, 7) is 17.8. The van der Waals surface area contributed by atoms with Gasteiger partial charge in [0.1, 0.15) is 0 Å². The normalized spacial score (nSPS) is 56.8. The quantitative estimate of drug-likeness (QED) is 0.425. The van der Waals surface area contributed by atoms with Crippen molar-refractivity contribution in [1.29, 1.82) is 0 Å². The molecule has 0 amide bonds. The molecule has 2 heteroatoms. The highest BCUT2D eigenvalue weighted by Crippen LogP contribution is 2.75. The van der Waals surface area contributed by atoms with Crippen LogP contribution in [0.15, 0.2) is 11.6 Å². The molecule has 5 rings (SSSR count). The van der Waals surface area contributed by atoms with Gasteiger partial charge in [0.15, 0.2) is 0 Å². The van der Waals surface area contributed by atoms with Crippen molar-refractivity contribution in [2.45, 2.75) is 124 Å². The fourth-order valence-corrected chi connectivity index (χ4v) is 10.6. The number of rotatable bonds is 1. The number of fused-ring (bicyclic) bond motifs is 7. The first-order valence-electron chi connectivity index (χ1n) is 13.8. The van der Waals surface area contributed by atoms with Gasteiger partial charge in [-0.05, 0) is 123 Å². The third-order valence-electron chi connectivity index (χ3n) is 13.4. The first-order valence-corrected chi connectivity index (χ1v) is 13.8. The lowest BCUT2D eigenvalue weighted by Gasteiger charge is -2.71. The van der Waals surface area contributed by atoms with Crippen molar-refractivity contribution in [3.05, 3.63) is 11.6 Å². The van der Waals surface area contributed by atoms with E-state index in [2.05, 4.69) is 66.9 Å². The number of aliphatic hydroxyl groups is 1. The molecule has 0 aromatic heterocycles. The first kappa shape index (κ1) is 23.4. The number of hydrogen-bond donors (Lipinski definition) is 2. The van der Waals surface area contributed by atoms with Crippen molar-refractivity contribution in [2.24, 2.45) is 44.8 Å². The fourth-order valence-electron chi connectivity index (χ4n) is 10.6. The van der Waals surface area contributed by atoms with Crippen LogP contribution in [-0.2, 0) is 0 Å². The molecule has 9 atom stereocenters. The molecule has 0 aromatic carbocycles. The van der Waals surface area contributed by atoms with E-state index < -0.39 is 0 Å². The van der Waals surface area contributed by atoms with Crippen LogP contribution in [-0.4, -0.2) is 23.8 Å². The summed E-state index contributed by atoms with van der Waals surface area (Å²) in [4.78, 5) is 0. The molecule has 9 unspecified atom stereocenters. The van der Waals surface area contributed by atoms with Crippen molar-refractivity contribution in [3.8, 4) is 0 Å². The molecular formula is C30H51NO. The van der Waals surface area contributed by atoms with Crippen LogP contribution in [0.5, 0.6) is 0 Å². The predicted molar refractivity (Wildman–Crippen MR) is 134 cm³/mol. The summed E-state index contributed by atoms with van der Waals surface area (Å²) in [7, 11) is 2.18. The van der Waals surface area contributed by atoms with Gasteiger partial charge in [-0.15, -0.1) is 0 Å². The standard InChI is InChI=1S/C30H51NO/c1-25(2)22-11-14-30(7)23(28(22,5)13-12-24(25)32)10-9-20-21-19-27(4,31-8)17-15-26(21,3)16-18-29(20,30)6/h9,21-24,31-32H,10-19H2,1-8H3. The van der Waals surface area contributed by atoms with Crippen LogP contribution in [0.1, 0.15) is 113 Å². The second-order valence-corrected chi connectivity index (χ2v) is 14.9. The molecule has 0 radical (unpaired) electrons. The third kappa shape index (κ3) is 2.78. The van der Waals surface area contributed by atoms with Gasteiger partial charge in [0.2, 0.25) is 0 Å². The number of nitrogens with one attached hydrogen (secondary N) is 1. The third-order valence-corrected chi connectivity index (χ3v) is 13.4. The Hall–Kier alpha value is -0.340. The van der Waals surface area contributed by atoms with Gasteiger partial charge in [0.05, 0.1) is 6.10 Å². The average Bonchev–Trinajstić information content (AvgIpc) is 2.73. The zero-order valence-electron chi connectivity index (χ0n) is 22.4. The van der Waals surface area contributed by atoms with Gasteiger partial charge >= 0.3 is 0 Å². The molecule has 2 N–H and O–H groups in total. The van der Waals surface area contributed by atoms with E-state index >= 15 is 0 Å². The van der Waals surface area contributed by atoms with Crippen LogP contribution in [0.3, 0.4) is 0 Å². The van der Waals surface area contributed by atoms with Crippen molar-refractivity contribution in [1.82, 2.24) is 5.32 Å². The monoisotopic (exact) mass is 441 g/mol. The summed E-state index contributed by atoms with van der Waals surface area (Å²) < 4.78 is 0. The molecule has 4 saturated carbocycles. The van der Waals surface area contributed by atoms with Crippen molar-refractivity contribution in [2.75, 3.05) is 7.05 Å². The highest BCUT2D eigenvalue weighted by atomic mass is 16.3. The van der Waals surface area contributed by atoms with E-state index in [4.69, 9.17) is 0 Å². The van der Waals surface area contributed by atoms with Gasteiger partial charge in [-0.2, -0.15) is 0 Å². The highest BCUT2D eigenvalue weighted by Gasteiger charge is 2.67. The maximum absolute atomic E-state index is 10.9. The fraction of sp³-hybridized carbons (Fsp3) is 0.933. The summed E-state index contributed by atoms with van der Waals surface area (Å²) >= 11 is 0. The Morgan fingerprint density at radius 1 is 0.844 bits per heavy atom. The van der Waals surface area contributed by atoms with Crippen LogP contribution in [0.25, 0.3) is 0 Å². The molecule has 5 aliphatic carbocycles.